The van der Waals surface area contributed by atoms with Crippen LogP contribution in [0.2, 0.25) is 0 Å². The van der Waals surface area contributed by atoms with Gasteiger partial charge in [-0.2, -0.15) is 4.98 Å². The zero-order valence-electron chi connectivity index (χ0n) is 18.6. The first-order valence-corrected chi connectivity index (χ1v) is 10.8. The van der Waals surface area contributed by atoms with Gasteiger partial charge in [0.05, 0.1) is 19.8 Å². The van der Waals surface area contributed by atoms with Crippen LogP contribution in [0.5, 0.6) is 11.5 Å². The van der Waals surface area contributed by atoms with Crippen molar-refractivity contribution >= 4 is 10.9 Å². The van der Waals surface area contributed by atoms with Gasteiger partial charge in [-0.15, -0.1) is 0 Å². The summed E-state index contributed by atoms with van der Waals surface area (Å²) in [7, 11) is 1.98. The van der Waals surface area contributed by atoms with Crippen molar-refractivity contribution in [1.29, 1.82) is 0 Å². The van der Waals surface area contributed by atoms with Gasteiger partial charge in [0, 0.05) is 41.3 Å². The normalized spacial score (nSPS) is 11.4. The molecule has 0 aliphatic carbocycles. The quantitative estimate of drug-likeness (QED) is 0.386. The van der Waals surface area contributed by atoms with Gasteiger partial charge in [0.2, 0.25) is 5.82 Å². The number of H-pyrrole nitrogens is 1. The molecule has 2 aromatic carbocycles. The van der Waals surface area contributed by atoms with E-state index in [1.54, 1.807) is 0 Å². The zero-order valence-corrected chi connectivity index (χ0v) is 18.6. The van der Waals surface area contributed by atoms with Crippen LogP contribution in [0.4, 0.5) is 0 Å². The van der Waals surface area contributed by atoms with Crippen molar-refractivity contribution in [1.82, 2.24) is 20.0 Å². The highest BCUT2D eigenvalue weighted by Crippen LogP contribution is 2.35. The highest BCUT2D eigenvalue weighted by atomic mass is 16.5. The molecule has 8 heteroatoms. The van der Waals surface area contributed by atoms with E-state index in [9.17, 15) is 5.11 Å². The molecular weight excluding hydrogens is 408 g/mol. The van der Waals surface area contributed by atoms with Gasteiger partial charge in [0.15, 0.2) is 11.5 Å². The average Bonchev–Trinajstić information content (AvgIpc) is 3.43. The fraction of sp³-hybridized carbons (Fsp3) is 0.333. The molecule has 0 spiro atoms. The molecule has 2 N–H and O–H groups in total. The second-order valence-corrected chi connectivity index (χ2v) is 7.45. The van der Waals surface area contributed by atoms with Crippen molar-refractivity contribution in [2.75, 3.05) is 33.4 Å². The number of nitrogens with one attached hydrogen (secondary N) is 1. The number of aromatic amines is 1. The maximum Gasteiger partial charge on any atom is 0.258 e. The molecule has 0 saturated carbocycles. The number of nitrogens with zero attached hydrogens (tertiary/aromatic N) is 3. The first-order chi connectivity index (χ1) is 15.6. The van der Waals surface area contributed by atoms with Gasteiger partial charge >= 0.3 is 0 Å². The Labute approximate surface area is 186 Å². The van der Waals surface area contributed by atoms with Crippen molar-refractivity contribution in [2.24, 2.45) is 0 Å². The molecule has 0 bridgehead atoms. The molecule has 2 heterocycles. The Balaban J connectivity index is 1.70. The molecule has 0 radical (unpaired) electrons. The lowest BCUT2D eigenvalue weighted by molar-refractivity contribution is 0.217. The van der Waals surface area contributed by atoms with Crippen LogP contribution in [0.15, 0.2) is 47.1 Å². The summed E-state index contributed by atoms with van der Waals surface area (Å²) in [6.45, 7) is 6.36. The summed E-state index contributed by atoms with van der Waals surface area (Å²) in [5.41, 5.74) is 3.76. The fourth-order valence-corrected chi connectivity index (χ4v) is 3.74. The molecule has 0 unspecified atom stereocenters. The second kappa shape index (κ2) is 9.84. The Kier molecular flexibility index (Phi) is 6.72. The number of hydrogen-bond acceptors (Lipinski definition) is 7. The Hall–Kier alpha value is -3.36. The van der Waals surface area contributed by atoms with Crippen LogP contribution >= 0.6 is 0 Å². The molecule has 4 rings (SSSR count). The van der Waals surface area contributed by atoms with Crippen LogP contribution in [0.1, 0.15) is 19.4 Å². The van der Waals surface area contributed by atoms with E-state index < -0.39 is 0 Å². The van der Waals surface area contributed by atoms with Crippen molar-refractivity contribution in [3.63, 3.8) is 0 Å². The van der Waals surface area contributed by atoms with E-state index in [4.69, 9.17) is 14.0 Å². The lowest BCUT2D eigenvalue weighted by atomic mass is 10.1. The molecule has 4 aromatic rings. The Morgan fingerprint density at radius 2 is 1.91 bits per heavy atom. The van der Waals surface area contributed by atoms with Crippen LogP contribution in [-0.4, -0.2) is 58.5 Å². The number of aromatic nitrogens is 3. The van der Waals surface area contributed by atoms with Crippen LogP contribution in [0.3, 0.4) is 0 Å². The molecule has 2 aromatic heterocycles. The first-order valence-electron chi connectivity index (χ1n) is 10.8. The summed E-state index contributed by atoms with van der Waals surface area (Å²) in [5.74, 6) is 2.26. The lowest BCUT2D eigenvalue weighted by Gasteiger charge is -2.14. The third-order valence-corrected chi connectivity index (χ3v) is 5.17. The van der Waals surface area contributed by atoms with Gasteiger partial charge in [-0.25, -0.2) is 0 Å². The van der Waals surface area contributed by atoms with E-state index in [-0.39, 0.29) is 6.61 Å². The topological polar surface area (TPSA) is 96.6 Å². The Morgan fingerprint density at radius 3 is 2.69 bits per heavy atom. The highest BCUT2D eigenvalue weighted by molar-refractivity contribution is 5.96. The van der Waals surface area contributed by atoms with Gasteiger partial charge in [-0.3, -0.25) is 4.90 Å². The summed E-state index contributed by atoms with van der Waals surface area (Å²) in [6.07, 6.45) is 1.99. The van der Waals surface area contributed by atoms with E-state index in [0.29, 0.717) is 49.5 Å². The van der Waals surface area contributed by atoms with Crippen LogP contribution < -0.4 is 9.47 Å². The van der Waals surface area contributed by atoms with E-state index in [1.165, 1.54) is 0 Å². The summed E-state index contributed by atoms with van der Waals surface area (Å²) in [6, 6.07) is 11.6. The molecule has 0 fully saturated rings. The molecule has 0 amide bonds. The van der Waals surface area contributed by atoms with Crippen molar-refractivity contribution < 1.29 is 19.1 Å². The Morgan fingerprint density at radius 1 is 1.09 bits per heavy atom. The van der Waals surface area contributed by atoms with E-state index in [0.717, 1.165) is 27.6 Å². The first kappa shape index (κ1) is 21.9. The number of benzene rings is 2. The van der Waals surface area contributed by atoms with Crippen molar-refractivity contribution in [3.8, 4) is 34.3 Å². The van der Waals surface area contributed by atoms with Gasteiger partial charge in [0.25, 0.3) is 5.89 Å². The summed E-state index contributed by atoms with van der Waals surface area (Å²) < 4.78 is 17.0. The van der Waals surface area contributed by atoms with Gasteiger partial charge in [-0.1, -0.05) is 17.3 Å². The standard InChI is InChI=1S/C24H28N4O4/c1-4-30-20-10-9-16(13-21(20)31-5-2)24-26-23(27-32-24)18-7-6-8-19-22(18)17(14-25-19)15-28(3)11-12-29/h6-10,13-14,25,29H,4-5,11-12,15H2,1-3H3. The molecule has 8 nitrogen and oxygen atoms in total. The van der Waals surface area contributed by atoms with Crippen molar-refractivity contribution in [2.45, 2.75) is 20.4 Å². The van der Waals surface area contributed by atoms with E-state index in [1.807, 2.05) is 63.5 Å². The zero-order chi connectivity index (χ0) is 22.5. The minimum atomic E-state index is 0.117. The smallest absolute Gasteiger partial charge is 0.258 e. The summed E-state index contributed by atoms with van der Waals surface area (Å²) >= 11 is 0. The molecular formula is C24H28N4O4. The second-order valence-electron chi connectivity index (χ2n) is 7.45. The minimum absolute atomic E-state index is 0.117. The largest absolute Gasteiger partial charge is 0.490 e. The SMILES string of the molecule is CCOc1ccc(-c2nc(-c3cccc4[nH]cc(CN(C)CCO)c34)no2)cc1OCC. The molecule has 0 saturated heterocycles. The highest BCUT2D eigenvalue weighted by Gasteiger charge is 2.18. The van der Waals surface area contributed by atoms with Gasteiger partial charge in [0.1, 0.15) is 0 Å². The molecule has 0 aliphatic heterocycles. The van der Waals surface area contributed by atoms with E-state index in [2.05, 4.69) is 20.0 Å². The van der Waals surface area contributed by atoms with Gasteiger partial charge in [-0.05, 0) is 50.7 Å². The summed E-state index contributed by atoms with van der Waals surface area (Å²) in [4.78, 5) is 10.1. The maximum absolute atomic E-state index is 9.22. The maximum atomic E-state index is 9.22. The minimum Gasteiger partial charge on any atom is -0.490 e. The van der Waals surface area contributed by atoms with Crippen LogP contribution in [-0.2, 0) is 6.54 Å². The molecule has 0 atom stereocenters. The number of ether oxygens (including phenoxy) is 2. The summed E-state index contributed by atoms with van der Waals surface area (Å²) in [5, 5.41) is 14.5. The lowest BCUT2D eigenvalue weighted by Crippen LogP contribution is -2.21. The van der Waals surface area contributed by atoms with Gasteiger partial charge < -0.3 is 24.1 Å². The number of rotatable bonds is 10. The number of fused-ring (bicyclic) bond motifs is 1. The predicted octanol–water partition coefficient (Wildman–Crippen LogP) is 4.11. The monoisotopic (exact) mass is 436 g/mol. The number of aliphatic hydroxyl groups excluding tert-OH is 1. The number of likely N-dealkylation sites (N-methyl/N-ethyl adjacent to an activating group) is 1. The van der Waals surface area contributed by atoms with Crippen LogP contribution in [0.25, 0.3) is 33.7 Å². The predicted molar refractivity (Wildman–Crippen MR) is 123 cm³/mol. The van der Waals surface area contributed by atoms with E-state index >= 15 is 0 Å². The molecule has 0 aliphatic rings. The molecule has 168 valence electrons. The van der Waals surface area contributed by atoms with Crippen molar-refractivity contribution in [3.05, 3.63) is 48.2 Å². The third kappa shape index (κ3) is 4.46. The number of hydrogen-bond donors (Lipinski definition) is 2. The third-order valence-electron chi connectivity index (χ3n) is 5.17. The average molecular weight is 437 g/mol. The Bertz CT molecular complexity index is 1180. The van der Waals surface area contributed by atoms with Crippen LogP contribution in [0, 0.1) is 0 Å². The fourth-order valence-electron chi connectivity index (χ4n) is 3.74. The number of aliphatic hydroxyl groups is 1. The molecule has 32 heavy (non-hydrogen) atoms.